The van der Waals surface area contributed by atoms with Gasteiger partial charge >= 0.3 is 0 Å². The van der Waals surface area contributed by atoms with Gasteiger partial charge < -0.3 is 5.32 Å². The number of rotatable bonds is 3. The third kappa shape index (κ3) is 2.61. The summed E-state index contributed by atoms with van der Waals surface area (Å²) < 4.78 is 0. The first-order chi connectivity index (χ1) is 7.72. The van der Waals surface area contributed by atoms with E-state index in [1.807, 2.05) is 6.07 Å². The fourth-order valence-corrected chi connectivity index (χ4v) is 2.26. The van der Waals surface area contributed by atoms with E-state index in [1.165, 1.54) is 32.1 Å². The second kappa shape index (κ2) is 4.65. The molecule has 1 aromatic heterocycles. The molecular formula is C11H19N5. The molecule has 88 valence electrons. The largest absolute Gasteiger partial charge is 0.365 e. The van der Waals surface area contributed by atoms with Crippen molar-refractivity contribution in [2.24, 2.45) is 5.84 Å². The Labute approximate surface area is 95.8 Å². The minimum atomic E-state index is 0.165. The van der Waals surface area contributed by atoms with Gasteiger partial charge in [0.25, 0.3) is 0 Å². The average Bonchev–Trinajstić information content (AvgIpc) is 2.29. The molecule has 0 atom stereocenters. The van der Waals surface area contributed by atoms with Crippen molar-refractivity contribution in [3.8, 4) is 0 Å². The Bertz CT molecular complexity index is 346. The fraction of sp³-hybridized carbons (Fsp3) is 0.636. The maximum absolute atomic E-state index is 5.28. The third-order valence-corrected chi connectivity index (χ3v) is 3.17. The number of anilines is 2. The highest BCUT2D eigenvalue weighted by Crippen LogP contribution is 2.30. The molecule has 1 fully saturated rings. The molecular weight excluding hydrogens is 202 g/mol. The lowest BCUT2D eigenvalue weighted by molar-refractivity contribution is 0.348. The van der Waals surface area contributed by atoms with Crippen molar-refractivity contribution in [3.63, 3.8) is 0 Å². The summed E-state index contributed by atoms with van der Waals surface area (Å²) in [4.78, 5) is 8.26. The Morgan fingerprint density at radius 3 is 2.75 bits per heavy atom. The SMILES string of the molecule is CC1(Nc2ccnc(NN)n2)CCCCC1. The maximum atomic E-state index is 5.28. The first kappa shape index (κ1) is 11.1. The van der Waals surface area contributed by atoms with E-state index in [2.05, 4.69) is 27.6 Å². The molecule has 0 bridgehead atoms. The minimum Gasteiger partial charge on any atom is -0.365 e. The van der Waals surface area contributed by atoms with Gasteiger partial charge in [-0.25, -0.2) is 10.8 Å². The number of aromatic nitrogens is 2. The Hall–Kier alpha value is -1.36. The highest BCUT2D eigenvalue weighted by Gasteiger charge is 2.26. The predicted octanol–water partition coefficient (Wildman–Crippen LogP) is 1.90. The quantitative estimate of drug-likeness (QED) is 0.537. The van der Waals surface area contributed by atoms with Crippen molar-refractivity contribution >= 4 is 11.8 Å². The van der Waals surface area contributed by atoms with Crippen LogP contribution in [-0.2, 0) is 0 Å². The Kier molecular flexibility index (Phi) is 3.24. The monoisotopic (exact) mass is 221 g/mol. The van der Waals surface area contributed by atoms with Crippen LogP contribution in [0.2, 0.25) is 0 Å². The molecule has 1 aliphatic carbocycles. The van der Waals surface area contributed by atoms with Gasteiger partial charge in [0.2, 0.25) is 5.95 Å². The summed E-state index contributed by atoms with van der Waals surface area (Å²) in [5, 5.41) is 3.49. The third-order valence-electron chi connectivity index (χ3n) is 3.17. The Balaban J connectivity index is 2.07. The van der Waals surface area contributed by atoms with E-state index in [1.54, 1.807) is 6.20 Å². The molecule has 5 nitrogen and oxygen atoms in total. The summed E-state index contributed by atoms with van der Waals surface area (Å²) in [6, 6.07) is 1.88. The van der Waals surface area contributed by atoms with Crippen molar-refractivity contribution in [1.82, 2.24) is 9.97 Å². The normalized spacial score (nSPS) is 19.1. The lowest BCUT2D eigenvalue weighted by Gasteiger charge is -2.35. The number of nitrogens with two attached hydrogens (primary N) is 1. The summed E-state index contributed by atoms with van der Waals surface area (Å²) in [6.07, 6.45) is 8.02. The van der Waals surface area contributed by atoms with E-state index in [9.17, 15) is 0 Å². The van der Waals surface area contributed by atoms with Crippen LogP contribution in [0.4, 0.5) is 11.8 Å². The number of hydrogen-bond acceptors (Lipinski definition) is 5. The second-order valence-electron chi connectivity index (χ2n) is 4.66. The number of hydrogen-bond donors (Lipinski definition) is 3. The van der Waals surface area contributed by atoms with Crippen molar-refractivity contribution in [1.29, 1.82) is 0 Å². The van der Waals surface area contributed by atoms with Crippen LogP contribution in [0, 0.1) is 0 Å². The molecule has 0 unspecified atom stereocenters. The molecule has 16 heavy (non-hydrogen) atoms. The maximum Gasteiger partial charge on any atom is 0.239 e. The van der Waals surface area contributed by atoms with Gasteiger partial charge in [0.15, 0.2) is 0 Å². The van der Waals surface area contributed by atoms with Gasteiger partial charge in [0, 0.05) is 11.7 Å². The Morgan fingerprint density at radius 2 is 2.06 bits per heavy atom. The van der Waals surface area contributed by atoms with Crippen LogP contribution in [0.5, 0.6) is 0 Å². The van der Waals surface area contributed by atoms with Crippen molar-refractivity contribution in [2.45, 2.75) is 44.6 Å². The molecule has 1 heterocycles. The molecule has 0 spiro atoms. The van der Waals surface area contributed by atoms with Gasteiger partial charge in [-0.2, -0.15) is 4.98 Å². The zero-order valence-corrected chi connectivity index (χ0v) is 9.66. The summed E-state index contributed by atoms with van der Waals surface area (Å²) >= 11 is 0. The first-order valence-corrected chi connectivity index (χ1v) is 5.80. The molecule has 2 rings (SSSR count). The van der Waals surface area contributed by atoms with Crippen LogP contribution in [0.25, 0.3) is 0 Å². The predicted molar refractivity (Wildman–Crippen MR) is 65.0 cm³/mol. The number of nitrogens with one attached hydrogen (secondary N) is 2. The second-order valence-corrected chi connectivity index (χ2v) is 4.66. The molecule has 1 aromatic rings. The molecule has 4 N–H and O–H groups in total. The zero-order chi connectivity index (χ0) is 11.4. The summed E-state index contributed by atoms with van der Waals surface area (Å²) in [7, 11) is 0. The molecule has 0 aromatic carbocycles. The van der Waals surface area contributed by atoms with Gasteiger partial charge in [0.05, 0.1) is 0 Å². The first-order valence-electron chi connectivity index (χ1n) is 5.80. The van der Waals surface area contributed by atoms with Gasteiger partial charge in [-0.3, -0.25) is 5.43 Å². The van der Waals surface area contributed by atoms with Crippen molar-refractivity contribution in [3.05, 3.63) is 12.3 Å². The van der Waals surface area contributed by atoms with Crippen molar-refractivity contribution in [2.75, 3.05) is 10.7 Å². The lowest BCUT2D eigenvalue weighted by Crippen LogP contribution is -2.37. The molecule has 1 saturated carbocycles. The number of nitrogen functional groups attached to an aromatic ring is 1. The summed E-state index contributed by atoms with van der Waals surface area (Å²) in [5.74, 6) is 6.57. The lowest BCUT2D eigenvalue weighted by atomic mass is 9.83. The molecule has 0 radical (unpaired) electrons. The van der Waals surface area contributed by atoms with Gasteiger partial charge in [0.1, 0.15) is 5.82 Å². The summed E-state index contributed by atoms with van der Waals surface area (Å²) in [5.41, 5.74) is 2.62. The number of hydrazine groups is 1. The van der Waals surface area contributed by atoms with Crippen molar-refractivity contribution < 1.29 is 0 Å². The molecule has 0 saturated heterocycles. The van der Waals surface area contributed by atoms with Crippen LogP contribution in [0.15, 0.2) is 12.3 Å². The van der Waals surface area contributed by atoms with Crippen LogP contribution >= 0.6 is 0 Å². The highest BCUT2D eigenvalue weighted by atomic mass is 15.3. The topological polar surface area (TPSA) is 75.9 Å². The van der Waals surface area contributed by atoms with Gasteiger partial charge in [-0.05, 0) is 25.8 Å². The Morgan fingerprint density at radius 1 is 1.31 bits per heavy atom. The summed E-state index contributed by atoms with van der Waals surface area (Å²) in [6.45, 7) is 2.25. The van der Waals surface area contributed by atoms with E-state index >= 15 is 0 Å². The van der Waals surface area contributed by atoms with Crippen LogP contribution in [0.1, 0.15) is 39.0 Å². The smallest absolute Gasteiger partial charge is 0.239 e. The highest BCUT2D eigenvalue weighted by molar-refractivity contribution is 5.41. The molecule has 0 aliphatic heterocycles. The van der Waals surface area contributed by atoms with E-state index in [0.29, 0.717) is 5.95 Å². The minimum absolute atomic E-state index is 0.165. The van der Waals surface area contributed by atoms with E-state index in [0.717, 1.165) is 5.82 Å². The molecule has 0 amide bonds. The fourth-order valence-electron chi connectivity index (χ4n) is 2.26. The van der Waals surface area contributed by atoms with E-state index in [4.69, 9.17) is 5.84 Å². The zero-order valence-electron chi connectivity index (χ0n) is 9.66. The van der Waals surface area contributed by atoms with Crippen LogP contribution < -0.4 is 16.6 Å². The average molecular weight is 221 g/mol. The molecule has 5 heteroatoms. The number of nitrogens with zero attached hydrogens (tertiary/aromatic N) is 2. The van der Waals surface area contributed by atoms with Crippen LogP contribution in [-0.4, -0.2) is 15.5 Å². The molecule has 1 aliphatic rings. The van der Waals surface area contributed by atoms with E-state index in [-0.39, 0.29) is 5.54 Å². The van der Waals surface area contributed by atoms with E-state index < -0.39 is 0 Å². The van der Waals surface area contributed by atoms with Crippen LogP contribution in [0.3, 0.4) is 0 Å². The van der Waals surface area contributed by atoms with Gasteiger partial charge in [-0.15, -0.1) is 0 Å². The standard InChI is InChI=1S/C11H19N5/c1-11(6-3-2-4-7-11)15-9-5-8-13-10(14-9)16-12/h5,8H,2-4,6-7,12H2,1H3,(H2,13,14,15,16). The van der Waals surface area contributed by atoms with Gasteiger partial charge in [-0.1, -0.05) is 19.3 Å².